The zero-order valence-electron chi connectivity index (χ0n) is 13.4. The first-order chi connectivity index (χ1) is 11.5. The van der Waals surface area contributed by atoms with Crippen LogP contribution < -0.4 is 5.32 Å². The molecule has 122 valence electrons. The van der Waals surface area contributed by atoms with Crippen molar-refractivity contribution in [3.63, 3.8) is 0 Å². The maximum absolute atomic E-state index is 11.2. The second kappa shape index (κ2) is 6.54. The molecule has 1 unspecified atom stereocenters. The van der Waals surface area contributed by atoms with E-state index in [0.717, 1.165) is 11.1 Å². The van der Waals surface area contributed by atoms with Crippen LogP contribution in [-0.4, -0.2) is 9.91 Å². The van der Waals surface area contributed by atoms with E-state index in [1.165, 1.54) is 0 Å². The number of aromatic nitrogens is 1. The molecule has 0 fully saturated rings. The first-order valence-electron chi connectivity index (χ1n) is 7.57. The van der Waals surface area contributed by atoms with E-state index in [9.17, 15) is 10.1 Å². The Morgan fingerprint density at radius 1 is 1.21 bits per heavy atom. The number of rotatable bonds is 5. The Hall–Kier alpha value is -3.15. The largest absolute Gasteiger partial charge is 0.438 e. The normalized spacial score (nSPS) is 11.9. The van der Waals surface area contributed by atoms with E-state index in [-0.39, 0.29) is 11.7 Å². The fourth-order valence-corrected chi connectivity index (χ4v) is 2.43. The Kier molecular flexibility index (Phi) is 4.29. The van der Waals surface area contributed by atoms with Crippen molar-refractivity contribution in [1.82, 2.24) is 4.98 Å². The Morgan fingerprint density at radius 2 is 1.96 bits per heavy atom. The van der Waals surface area contributed by atoms with Crippen LogP contribution in [-0.2, 0) is 0 Å². The second-order valence-electron chi connectivity index (χ2n) is 5.57. The van der Waals surface area contributed by atoms with Gasteiger partial charge in [-0.1, -0.05) is 36.4 Å². The third-order valence-corrected chi connectivity index (χ3v) is 3.67. The number of hydrogen-bond acceptors (Lipinski definition) is 5. The molecular weight excluding hydrogens is 306 g/mol. The molecule has 0 spiro atoms. The number of nitrogens with zero attached hydrogens (tertiary/aromatic N) is 2. The Bertz CT molecular complexity index is 859. The lowest BCUT2D eigenvalue weighted by atomic mass is 10.2. The smallest absolute Gasteiger partial charge is 0.292 e. The first-order valence-corrected chi connectivity index (χ1v) is 7.57. The van der Waals surface area contributed by atoms with Crippen molar-refractivity contribution in [3.05, 3.63) is 76.3 Å². The molecule has 0 saturated carbocycles. The maximum atomic E-state index is 11.2. The SMILES string of the molecule is Cc1ccc(NC(C)c2ncc(-c3ccccc3)o2)c([N+](=O)[O-])c1. The molecule has 0 radical (unpaired) electrons. The van der Waals surface area contributed by atoms with Crippen LogP contribution in [0.1, 0.15) is 24.4 Å². The minimum atomic E-state index is -0.396. The van der Waals surface area contributed by atoms with Gasteiger partial charge in [0.05, 0.1) is 11.1 Å². The zero-order valence-corrected chi connectivity index (χ0v) is 13.4. The minimum absolute atomic E-state index is 0.0386. The van der Waals surface area contributed by atoms with E-state index >= 15 is 0 Å². The molecule has 0 amide bonds. The van der Waals surface area contributed by atoms with Gasteiger partial charge in [0.1, 0.15) is 11.7 Å². The Morgan fingerprint density at radius 3 is 2.67 bits per heavy atom. The summed E-state index contributed by atoms with van der Waals surface area (Å²) < 4.78 is 5.78. The molecule has 2 aromatic carbocycles. The van der Waals surface area contributed by atoms with Crippen molar-refractivity contribution in [2.75, 3.05) is 5.32 Å². The molecule has 1 aromatic heterocycles. The molecule has 24 heavy (non-hydrogen) atoms. The van der Waals surface area contributed by atoms with E-state index in [4.69, 9.17) is 4.42 Å². The molecule has 3 rings (SSSR count). The van der Waals surface area contributed by atoms with Crippen LogP contribution in [0, 0.1) is 17.0 Å². The molecule has 1 heterocycles. The van der Waals surface area contributed by atoms with Crippen molar-refractivity contribution >= 4 is 11.4 Å². The lowest BCUT2D eigenvalue weighted by Crippen LogP contribution is -2.08. The van der Waals surface area contributed by atoms with Gasteiger partial charge in [0.2, 0.25) is 5.89 Å². The molecule has 0 aliphatic heterocycles. The van der Waals surface area contributed by atoms with Gasteiger partial charge in [-0.3, -0.25) is 10.1 Å². The van der Waals surface area contributed by atoms with Gasteiger partial charge in [-0.2, -0.15) is 0 Å². The number of nitro groups is 1. The second-order valence-corrected chi connectivity index (χ2v) is 5.57. The fraction of sp³-hybridized carbons (Fsp3) is 0.167. The fourth-order valence-electron chi connectivity index (χ4n) is 2.43. The summed E-state index contributed by atoms with van der Waals surface area (Å²) >= 11 is 0. The average Bonchev–Trinajstić information content (AvgIpc) is 3.07. The maximum Gasteiger partial charge on any atom is 0.292 e. The molecule has 0 bridgehead atoms. The lowest BCUT2D eigenvalue weighted by molar-refractivity contribution is -0.384. The van der Waals surface area contributed by atoms with Crippen molar-refractivity contribution in [1.29, 1.82) is 0 Å². The van der Waals surface area contributed by atoms with Crippen LogP contribution in [0.2, 0.25) is 0 Å². The highest BCUT2D eigenvalue weighted by atomic mass is 16.6. The van der Waals surface area contributed by atoms with Crippen LogP contribution in [0.3, 0.4) is 0 Å². The van der Waals surface area contributed by atoms with Crippen LogP contribution in [0.15, 0.2) is 59.1 Å². The highest BCUT2D eigenvalue weighted by molar-refractivity contribution is 5.63. The van der Waals surface area contributed by atoms with Gasteiger partial charge in [-0.05, 0) is 25.5 Å². The van der Waals surface area contributed by atoms with Gasteiger partial charge < -0.3 is 9.73 Å². The van der Waals surface area contributed by atoms with Gasteiger partial charge in [-0.25, -0.2) is 4.98 Å². The molecule has 3 aromatic rings. The van der Waals surface area contributed by atoms with Crippen LogP contribution in [0.25, 0.3) is 11.3 Å². The number of hydrogen-bond donors (Lipinski definition) is 1. The predicted molar refractivity (Wildman–Crippen MR) is 91.8 cm³/mol. The standard InChI is InChI=1S/C18H17N3O3/c1-12-8-9-15(16(10-12)21(22)23)20-13(2)18-19-11-17(24-18)14-6-4-3-5-7-14/h3-11,13,20H,1-2H3. The third kappa shape index (κ3) is 3.27. The van der Waals surface area contributed by atoms with Gasteiger partial charge in [0.15, 0.2) is 5.76 Å². The van der Waals surface area contributed by atoms with Gasteiger partial charge in [-0.15, -0.1) is 0 Å². The summed E-state index contributed by atoms with van der Waals surface area (Å²) in [5, 5.41) is 14.3. The number of oxazole rings is 1. The summed E-state index contributed by atoms with van der Waals surface area (Å²) in [6.07, 6.45) is 1.66. The summed E-state index contributed by atoms with van der Waals surface area (Å²) in [6.45, 7) is 3.67. The Balaban J connectivity index is 1.82. The highest BCUT2D eigenvalue weighted by Crippen LogP contribution is 2.30. The summed E-state index contributed by atoms with van der Waals surface area (Å²) in [5.74, 6) is 1.14. The molecular formula is C18H17N3O3. The zero-order chi connectivity index (χ0) is 17.1. The van der Waals surface area contributed by atoms with Crippen molar-refractivity contribution < 1.29 is 9.34 Å². The molecule has 0 saturated heterocycles. The van der Waals surface area contributed by atoms with Gasteiger partial charge >= 0.3 is 0 Å². The number of anilines is 1. The van der Waals surface area contributed by atoms with Gasteiger partial charge in [0, 0.05) is 11.6 Å². The molecule has 6 heteroatoms. The van der Waals surface area contributed by atoms with Crippen LogP contribution >= 0.6 is 0 Å². The van der Waals surface area contributed by atoms with Crippen LogP contribution in [0.4, 0.5) is 11.4 Å². The topological polar surface area (TPSA) is 81.2 Å². The van der Waals surface area contributed by atoms with E-state index in [0.29, 0.717) is 17.3 Å². The summed E-state index contributed by atoms with van der Waals surface area (Å²) in [5.41, 5.74) is 2.25. The first kappa shape index (κ1) is 15.7. The predicted octanol–water partition coefficient (Wildman–Crippen LogP) is 4.73. The quantitative estimate of drug-likeness (QED) is 0.542. The van der Waals surface area contributed by atoms with Crippen molar-refractivity contribution in [3.8, 4) is 11.3 Å². The molecule has 6 nitrogen and oxygen atoms in total. The van der Waals surface area contributed by atoms with Crippen molar-refractivity contribution in [2.24, 2.45) is 0 Å². The lowest BCUT2D eigenvalue weighted by Gasteiger charge is -2.12. The van der Waals surface area contributed by atoms with E-state index in [1.54, 1.807) is 18.3 Å². The molecule has 0 aliphatic rings. The summed E-state index contributed by atoms with van der Waals surface area (Å²) in [7, 11) is 0. The number of benzene rings is 2. The monoisotopic (exact) mass is 323 g/mol. The third-order valence-electron chi connectivity index (χ3n) is 3.67. The van der Waals surface area contributed by atoms with Crippen LogP contribution in [0.5, 0.6) is 0 Å². The van der Waals surface area contributed by atoms with E-state index in [1.807, 2.05) is 50.2 Å². The average molecular weight is 323 g/mol. The molecule has 0 aliphatic carbocycles. The molecule has 1 N–H and O–H groups in total. The molecule has 1 atom stereocenters. The number of aryl methyl sites for hydroxylation is 1. The van der Waals surface area contributed by atoms with Gasteiger partial charge in [0.25, 0.3) is 5.69 Å². The summed E-state index contributed by atoms with van der Waals surface area (Å²) in [4.78, 5) is 15.1. The summed E-state index contributed by atoms with van der Waals surface area (Å²) in [6, 6.07) is 14.4. The number of nitrogens with one attached hydrogen (secondary N) is 1. The highest BCUT2D eigenvalue weighted by Gasteiger charge is 2.19. The Labute approximate surface area is 139 Å². The number of nitro benzene ring substituents is 1. The van der Waals surface area contributed by atoms with E-state index < -0.39 is 4.92 Å². The van der Waals surface area contributed by atoms with E-state index in [2.05, 4.69) is 10.3 Å². The van der Waals surface area contributed by atoms with Crippen molar-refractivity contribution in [2.45, 2.75) is 19.9 Å². The minimum Gasteiger partial charge on any atom is -0.438 e.